The first-order valence-corrected chi connectivity index (χ1v) is 6.99. The maximum Gasteiger partial charge on any atom is 0.324 e. The summed E-state index contributed by atoms with van der Waals surface area (Å²) in [5, 5.41) is 4.01. The van der Waals surface area contributed by atoms with Crippen LogP contribution >= 0.6 is 12.2 Å². The Hall–Kier alpha value is -1.70. The van der Waals surface area contributed by atoms with Crippen LogP contribution in [0.25, 0.3) is 0 Å². The van der Waals surface area contributed by atoms with Gasteiger partial charge in [0, 0.05) is 12.8 Å². The van der Waals surface area contributed by atoms with Crippen LogP contribution in [0.5, 0.6) is 0 Å². The molecule has 0 radical (unpaired) electrons. The molecule has 21 heavy (non-hydrogen) atoms. The zero-order valence-corrected chi connectivity index (χ0v) is 13.3. The summed E-state index contributed by atoms with van der Waals surface area (Å²) in [5.74, 6) is -1.10. The number of hydrazone groups is 1. The predicted molar refractivity (Wildman–Crippen MR) is 79.4 cm³/mol. The van der Waals surface area contributed by atoms with Gasteiger partial charge in [-0.15, -0.1) is 0 Å². The standard InChI is InChI=1S/C13H19N3O4S/c1-7(15-16-10(14)21)12(4)6-13(9(18)20-12)5-11(2,3)19-8(13)17/h5-6H2,1-4H3,(H3,14,16,21)/b15-7-/t12-,13-/m0/s1. The highest BCUT2D eigenvalue weighted by Gasteiger charge is 2.67. The molecule has 116 valence electrons. The number of nitrogens with zero attached hydrogens (tertiary/aromatic N) is 1. The molecule has 2 aliphatic heterocycles. The minimum absolute atomic E-state index is 0.0124. The summed E-state index contributed by atoms with van der Waals surface area (Å²) in [5.41, 5.74) is 5.34. The van der Waals surface area contributed by atoms with Gasteiger partial charge in [-0.1, -0.05) is 0 Å². The number of hydrogen-bond acceptors (Lipinski definition) is 6. The van der Waals surface area contributed by atoms with Crippen molar-refractivity contribution in [1.29, 1.82) is 0 Å². The molecular formula is C13H19N3O4S. The first-order chi connectivity index (χ1) is 9.51. The van der Waals surface area contributed by atoms with Gasteiger partial charge in [-0.3, -0.25) is 15.0 Å². The summed E-state index contributed by atoms with van der Waals surface area (Å²) < 4.78 is 10.7. The van der Waals surface area contributed by atoms with E-state index in [1.807, 2.05) is 0 Å². The van der Waals surface area contributed by atoms with E-state index >= 15 is 0 Å². The third kappa shape index (κ3) is 2.59. The van der Waals surface area contributed by atoms with Gasteiger partial charge in [-0.2, -0.15) is 5.10 Å². The lowest BCUT2D eigenvalue weighted by Gasteiger charge is -2.22. The van der Waals surface area contributed by atoms with Gasteiger partial charge in [0.2, 0.25) is 0 Å². The number of ether oxygens (including phenoxy) is 2. The number of carbonyl (C=O) groups is 2. The molecule has 2 atom stereocenters. The van der Waals surface area contributed by atoms with Crippen LogP contribution in [0.1, 0.15) is 40.5 Å². The molecule has 0 saturated carbocycles. The Balaban J connectivity index is 2.29. The third-order valence-electron chi connectivity index (χ3n) is 3.93. The minimum Gasteiger partial charge on any atom is -0.459 e. The molecule has 8 heteroatoms. The number of nitrogens with two attached hydrogens (primary N) is 1. The van der Waals surface area contributed by atoms with E-state index in [2.05, 4.69) is 22.7 Å². The van der Waals surface area contributed by atoms with E-state index in [-0.39, 0.29) is 11.5 Å². The topological polar surface area (TPSA) is 103 Å². The van der Waals surface area contributed by atoms with Crippen molar-refractivity contribution >= 4 is 35.0 Å². The van der Waals surface area contributed by atoms with E-state index < -0.39 is 28.6 Å². The van der Waals surface area contributed by atoms with Crippen LogP contribution in [-0.2, 0) is 19.1 Å². The number of carbonyl (C=O) groups excluding carboxylic acids is 2. The highest BCUT2D eigenvalue weighted by Crippen LogP contribution is 2.51. The molecule has 3 N–H and O–H groups in total. The summed E-state index contributed by atoms with van der Waals surface area (Å²) >= 11 is 4.68. The zero-order chi connectivity index (χ0) is 16.1. The molecule has 7 nitrogen and oxygen atoms in total. The first kappa shape index (κ1) is 15.7. The van der Waals surface area contributed by atoms with Gasteiger partial charge in [-0.05, 0) is 39.9 Å². The van der Waals surface area contributed by atoms with E-state index in [1.54, 1.807) is 27.7 Å². The molecule has 2 heterocycles. The molecule has 0 bridgehead atoms. The van der Waals surface area contributed by atoms with Crippen molar-refractivity contribution in [3.05, 3.63) is 0 Å². The van der Waals surface area contributed by atoms with Gasteiger partial charge in [0.05, 0.1) is 5.71 Å². The Bertz CT molecular complexity index is 560. The SMILES string of the molecule is C/C(=N/NC(N)=S)[C@]1(C)C[C@]2(CC(C)(C)OC2=O)C(=O)O1. The molecular weight excluding hydrogens is 294 g/mol. The van der Waals surface area contributed by atoms with Gasteiger partial charge in [0.1, 0.15) is 5.60 Å². The van der Waals surface area contributed by atoms with Crippen LogP contribution in [0.3, 0.4) is 0 Å². The van der Waals surface area contributed by atoms with Crippen molar-refractivity contribution in [3.8, 4) is 0 Å². The van der Waals surface area contributed by atoms with Crippen LogP contribution in [0.15, 0.2) is 5.10 Å². The Kier molecular flexibility index (Phi) is 3.48. The van der Waals surface area contributed by atoms with Crippen LogP contribution in [0.2, 0.25) is 0 Å². The van der Waals surface area contributed by atoms with E-state index in [0.29, 0.717) is 12.1 Å². The first-order valence-electron chi connectivity index (χ1n) is 6.58. The lowest BCUT2D eigenvalue weighted by atomic mass is 9.75. The maximum absolute atomic E-state index is 12.3. The molecule has 2 saturated heterocycles. The fourth-order valence-electron chi connectivity index (χ4n) is 2.92. The largest absolute Gasteiger partial charge is 0.459 e. The van der Waals surface area contributed by atoms with E-state index in [9.17, 15) is 9.59 Å². The van der Waals surface area contributed by atoms with Gasteiger partial charge in [0.15, 0.2) is 16.1 Å². The average Bonchev–Trinajstić information content (AvgIpc) is 2.71. The summed E-state index contributed by atoms with van der Waals surface area (Å²) in [6, 6.07) is 0. The lowest BCUT2D eigenvalue weighted by molar-refractivity contribution is -0.160. The monoisotopic (exact) mass is 313 g/mol. The Morgan fingerprint density at radius 1 is 1.24 bits per heavy atom. The Labute approximate surface area is 128 Å². The molecule has 2 fully saturated rings. The number of esters is 2. The molecule has 0 aromatic rings. The molecule has 0 aromatic carbocycles. The zero-order valence-electron chi connectivity index (χ0n) is 12.5. The second kappa shape index (κ2) is 4.66. The van der Waals surface area contributed by atoms with Crippen molar-refractivity contribution in [2.75, 3.05) is 0 Å². The summed E-state index contributed by atoms with van der Waals surface area (Å²) in [6.07, 6.45) is 0.485. The number of hydrogen-bond donors (Lipinski definition) is 2. The quantitative estimate of drug-likeness (QED) is 0.253. The maximum atomic E-state index is 12.3. The van der Waals surface area contributed by atoms with Crippen LogP contribution in [0.4, 0.5) is 0 Å². The summed E-state index contributed by atoms with van der Waals surface area (Å²) in [4.78, 5) is 24.5. The Morgan fingerprint density at radius 2 is 1.81 bits per heavy atom. The third-order valence-corrected chi connectivity index (χ3v) is 4.03. The smallest absolute Gasteiger partial charge is 0.324 e. The van der Waals surface area contributed by atoms with Crippen molar-refractivity contribution in [2.24, 2.45) is 16.3 Å². The molecule has 0 aliphatic carbocycles. The fourth-order valence-corrected chi connectivity index (χ4v) is 2.96. The summed E-state index contributed by atoms with van der Waals surface area (Å²) in [6.45, 7) is 6.94. The number of thiocarbonyl (C=S) groups is 1. The van der Waals surface area contributed by atoms with Crippen LogP contribution < -0.4 is 11.2 Å². The highest BCUT2D eigenvalue weighted by molar-refractivity contribution is 7.80. The molecule has 0 aromatic heterocycles. The van der Waals surface area contributed by atoms with Crippen molar-refractivity contribution in [3.63, 3.8) is 0 Å². The molecule has 2 aliphatic rings. The minimum atomic E-state index is -1.25. The van der Waals surface area contributed by atoms with Gasteiger partial charge in [0.25, 0.3) is 0 Å². The van der Waals surface area contributed by atoms with Crippen molar-refractivity contribution in [2.45, 2.75) is 51.7 Å². The van der Waals surface area contributed by atoms with E-state index in [4.69, 9.17) is 15.2 Å². The fraction of sp³-hybridized carbons (Fsp3) is 0.692. The van der Waals surface area contributed by atoms with Crippen LogP contribution in [-0.4, -0.2) is 34.0 Å². The van der Waals surface area contributed by atoms with Crippen molar-refractivity contribution < 1.29 is 19.1 Å². The van der Waals surface area contributed by atoms with Gasteiger partial charge >= 0.3 is 11.9 Å². The number of nitrogens with one attached hydrogen (secondary N) is 1. The summed E-state index contributed by atoms with van der Waals surface area (Å²) in [7, 11) is 0. The molecule has 2 rings (SSSR count). The lowest BCUT2D eigenvalue weighted by Crippen LogP contribution is -2.37. The van der Waals surface area contributed by atoms with Crippen molar-refractivity contribution in [1.82, 2.24) is 5.43 Å². The second-order valence-electron chi connectivity index (χ2n) is 6.38. The number of rotatable bonds is 2. The van der Waals surface area contributed by atoms with Gasteiger partial charge in [-0.25, -0.2) is 0 Å². The predicted octanol–water partition coefficient (Wildman–Crippen LogP) is 0.613. The Morgan fingerprint density at radius 3 is 2.29 bits per heavy atom. The second-order valence-corrected chi connectivity index (χ2v) is 6.82. The van der Waals surface area contributed by atoms with E-state index in [1.165, 1.54) is 0 Å². The van der Waals surface area contributed by atoms with E-state index in [0.717, 1.165) is 0 Å². The molecule has 0 unspecified atom stereocenters. The van der Waals surface area contributed by atoms with Gasteiger partial charge < -0.3 is 15.2 Å². The number of cyclic esters (lactones) is 2. The highest BCUT2D eigenvalue weighted by atomic mass is 32.1. The molecule has 0 amide bonds. The normalized spacial score (nSPS) is 34.8. The molecule has 1 spiro atoms. The average molecular weight is 313 g/mol. The van der Waals surface area contributed by atoms with Crippen LogP contribution in [0, 0.1) is 5.41 Å².